The van der Waals surface area contributed by atoms with E-state index in [1.165, 1.54) is 72.2 Å². The summed E-state index contributed by atoms with van der Waals surface area (Å²) >= 11 is 0. The Kier molecular flexibility index (Phi) is 9.48. The number of anilines is 6. The van der Waals surface area contributed by atoms with Crippen molar-refractivity contribution >= 4 is 66.8 Å². The van der Waals surface area contributed by atoms with Gasteiger partial charge in [0.25, 0.3) is 0 Å². The van der Waals surface area contributed by atoms with Gasteiger partial charge in [0.2, 0.25) is 0 Å². The molecule has 1 spiro atoms. The average molecular weight is 943 g/mol. The second kappa shape index (κ2) is 16.7. The van der Waals surface area contributed by atoms with Crippen LogP contribution in [-0.4, -0.2) is 0 Å². The molecule has 2 heterocycles. The first-order valence-electron chi connectivity index (χ1n) is 25.5. The molecule has 15 rings (SSSR count). The van der Waals surface area contributed by atoms with Gasteiger partial charge in [-0.05, 0) is 133 Å². The maximum Gasteiger partial charge on any atom is 0.135 e. The first kappa shape index (κ1) is 42.0. The molecule has 12 aromatic carbocycles. The number of hydrogen-bond acceptors (Lipinski definition) is 3. The molecule has 0 bridgehead atoms. The van der Waals surface area contributed by atoms with Gasteiger partial charge in [-0.15, -0.1) is 0 Å². The molecular weight excluding hydrogens is 897 g/mol. The second-order valence-electron chi connectivity index (χ2n) is 19.5. The van der Waals surface area contributed by atoms with Crippen LogP contribution < -0.4 is 9.80 Å². The lowest BCUT2D eigenvalue weighted by Gasteiger charge is -2.45. The van der Waals surface area contributed by atoms with Crippen molar-refractivity contribution < 1.29 is 4.42 Å². The largest absolute Gasteiger partial charge is 0.456 e. The van der Waals surface area contributed by atoms with Crippen LogP contribution in [0, 0.1) is 0 Å². The molecule has 0 saturated heterocycles. The lowest BCUT2D eigenvalue weighted by atomic mass is 9.64. The van der Waals surface area contributed by atoms with Crippen LogP contribution in [0.1, 0.15) is 22.3 Å². The van der Waals surface area contributed by atoms with Gasteiger partial charge in [0, 0.05) is 33.3 Å². The number of hydrogen-bond donors (Lipinski definition) is 0. The van der Waals surface area contributed by atoms with Gasteiger partial charge in [0.05, 0.1) is 28.2 Å². The summed E-state index contributed by atoms with van der Waals surface area (Å²) < 4.78 is 6.26. The highest BCUT2D eigenvalue weighted by Crippen LogP contribution is 2.65. The summed E-state index contributed by atoms with van der Waals surface area (Å²) in [5.74, 6) is 0. The Bertz CT molecular complexity index is 4290. The highest BCUT2D eigenvalue weighted by Gasteiger charge is 2.52. The molecule has 2 aliphatic rings. The van der Waals surface area contributed by atoms with Crippen molar-refractivity contribution in [1.29, 1.82) is 0 Å². The third-order valence-electron chi connectivity index (χ3n) is 15.7. The van der Waals surface area contributed by atoms with Gasteiger partial charge in [0.1, 0.15) is 11.2 Å². The Morgan fingerprint density at radius 1 is 0.324 bits per heavy atom. The summed E-state index contributed by atoms with van der Waals surface area (Å²) in [6.45, 7) is 0. The van der Waals surface area contributed by atoms with Crippen molar-refractivity contribution in [2.45, 2.75) is 5.41 Å². The summed E-state index contributed by atoms with van der Waals surface area (Å²) in [4.78, 5) is 4.97. The maximum atomic E-state index is 6.26. The first-order chi connectivity index (χ1) is 36.7. The number of furan rings is 1. The molecule has 0 amide bonds. The van der Waals surface area contributed by atoms with Gasteiger partial charge in [0.15, 0.2) is 0 Å². The number of para-hydroxylation sites is 5. The molecule has 0 unspecified atom stereocenters. The molecule has 74 heavy (non-hydrogen) atoms. The van der Waals surface area contributed by atoms with Crippen molar-refractivity contribution in [1.82, 2.24) is 0 Å². The minimum absolute atomic E-state index is 0.619. The van der Waals surface area contributed by atoms with Crippen LogP contribution in [0.4, 0.5) is 34.1 Å². The smallest absolute Gasteiger partial charge is 0.135 e. The number of rotatable bonds is 7. The molecule has 3 heteroatoms. The van der Waals surface area contributed by atoms with E-state index in [0.717, 1.165) is 61.4 Å². The molecule has 1 aliphatic heterocycles. The molecule has 3 nitrogen and oxygen atoms in total. The van der Waals surface area contributed by atoms with Crippen molar-refractivity contribution in [3.05, 3.63) is 301 Å². The third-order valence-corrected chi connectivity index (χ3v) is 15.7. The Morgan fingerprint density at radius 2 is 0.851 bits per heavy atom. The van der Waals surface area contributed by atoms with E-state index in [1.807, 2.05) is 12.1 Å². The molecular formula is C71H46N2O. The Balaban J connectivity index is 0.982. The summed E-state index contributed by atoms with van der Waals surface area (Å²) in [5.41, 5.74) is 22.4. The quantitative estimate of drug-likeness (QED) is 0.159. The van der Waals surface area contributed by atoms with Crippen molar-refractivity contribution in [3.8, 4) is 44.5 Å². The summed E-state index contributed by atoms with van der Waals surface area (Å²) in [6.07, 6.45) is 0. The normalized spacial score (nSPS) is 12.9. The van der Waals surface area contributed by atoms with Crippen LogP contribution in [0.25, 0.3) is 77.2 Å². The summed E-state index contributed by atoms with van der Waals surface area (Å²) in [7, 11) is 0. The fourth-order valence-electron chi connectivity index (χ4n) is 12.6. The zero-order valence-corrected chi connectivity index (χ0v) is 40.4. The summed E-state index contributed by atoms with van der Waals surface area (Å²) in [6, 6.07) is 102. The molecule has 0 radical (unpaired) electrons. The number of benzene rings is 12. The Hall–Kier alpha value is -9.70. The van der Waals surface area contributed by atoms with Crippen LogP contribution in [0.5, 0.6) is 0 Å². The van der Waals surface area contributed by atoms with Crippen molar-refractivity contribution in [2.24, 2.45) is 0 Å². The lowest BCUT2D eigenvalue weighted by Crippen LogP contribution is -2.36. The molecule has 0 saturated carbocycles. The molecule has 0 N–H and O–H groups in total. The van der Waals surface area contributed by atoms with E-state index in [1.54, 1.807) is 0 Å². The standard InChI is InChI=1S/C71H46N2O/c1-2-22-50(23-3-1)73-65-36-15-12-32-61(65)71(62-33-13-16-37-66(62)73)60-31-11-8-29-58(60)70-63(71)34-19-38-67(70)72(51-43-40-47(41-44-51)49-42-45-69-59(46-49)57-28-10-17-39-68(57)74-69)64-35-14-9-27-56(64)55-26-7-6-25-54(55)53-30-18-21-48-20-4-5-24-52(48)53/h1-46H. The van der Waals surface area contributed by atoms with Crippen LogP contribution >= 0.6 is 0 Å². The number of nitrogens with zero attached hydrogens (tertiary/aromatic N) is 2. The highest BCUT2D eigenvalue weighted by atomic mass is 16.3. The first-order valence-corrected chi connectivity index (χ1v) is 25.5. The Morgan fingerprint density at radius 3 is 1.64 bits per heavy atom. The van der Waals surface area contributed by atoms with Gasteiger partial charge in [-0.25, -0.2) is 0 Å². The molecule has 1 aliphatic carbocycles. The van der Waals surface area contributed by atoms with Crippen molar-refractivity contribution in [3.63, 3.8) is 0 Å². The maximum absolute atomic E-state index is 6.26. The fourth-order valence-corrected chi connectivity index (χ4v) is 12.6. The van der Waals surface area contributed by atoms with E-state index < -0.39 is 5.41 Å². The zero-order chi connectivity index (χ0) is 48.7. The Labute approximate surface area is 430 Å². The van der Waals surface area contributed by atoms with Crippen LogP contribution in [0.3, 0.4) is 0 Å². The molecule has 346 valence electrons. The van der Waals surface area contributed by atoms with Gasteiger partial charge in [-0.2, -0.15) is 0 Å². The molecule has 13 aromatic rings. The SMILES string of the molecule is c1ccc(N2c3ccccc3C3(c4ccccc4-c4c(N(c5ccc(-c6ccc7oc8ccccc8c7c6)cc5)c5ccccc5-c5ccccc5-c5cccc6ccccc56)cccc43)c3ccccc32)cc1. The van der Waals surface area contributed by atoms with Gasteiger partial charge in [-0.3, -0.25) is 0 Å². The van der Waals surface area contributed by atoms with Crippen LogP contribution in [0.2, 0.25) is 0 Å². The van der Waals surface area contributed by atoms with Crippen LogP contribution in [0.15, 0.2) is 283 Å². The molecule has 0 fully saturated rings. The van der Waals surface area contributed by atoms with Gasteiger partial charge >= 0.3 is 0 Å². The fraction of sp³-hybridized carbons (Fsp3) is 0.0141. The van der Waals surface area contributed by atoms with E-state index in [2.05, 4.69) is 277 Å². The molecule has 0 atom stereocenters. The average Bonchev–Trinajstić information content (AvgIpc) is 4.02. The van der Waals surface area contributed by atoms with E-state index in [9.17, 15) is 0 Å². The van der Waals surface area contributed by atoms with Crippen molar-refractivity contribution in [2.75, 3.05) is 9.80 Å². The highest BCUT2D eigenvalue weighted by molar-refractivity contribution is 6.08. The minimum atomic E-state index is -0.619. The number of fused-ring (bicyclic) bond motifs is 13. The predicted molar refractivity (Wildman–Crippen MR) is 308 cm³/mol. The third kappa shape index (κ3) is 6.20. The van der Waals surface area contributed by atoms with E-state index in [0.29, 0.717) is 0 Å². The van der Waals surface area contributed by atoms with E-state index in [4.69, 9.17) is 4.42 Å². The predicted octanol–water partition coefficient (Wildman–Crippen LogP) is 19.4. The second-order valence-corrected chi connectivity index (χ2v) is 19.5. The zero-order valence-electron chi connectivity index (χ0n) is 40.4. The minimum Gasteiger partial charge on any atom is -0.456 e. The monoisotopic (exact) mass is 942 g/mol. The van der Waals surface area contributed by atoms with Crippen LogP contribution in [-0.2, 0) is 5.41 Å². The summed E-state index contributed by atoms with van der Waals surface area (Å²) in [5, 5.41) is 4.70. The van der Waals surface area contributed by atoms with E-state index in [-0.39, 0.29) is 0 Å². The van der Waals surface area contributed by atoms with Gasteiger partial charge in [-0.1, -0.05) is 212 Å². The molecule has 1 aromatic heterocycles. The lowest BCUT2D eigenvalue weighted by molar-refractivity contribution is 0.669. The topological polar surface area (TPSA) is 19.6 Å². The van der Waals surface area contributed by atoms with E-state index >= 15 is 0 Å². The van der Waals surface area contributed by atoms with Gasteiger partial charge < -0.3 is 14.2 Å².